The molecule has 124 valence electrons. The van der Waals surface area contributed by atoms with Gasteiger partial charge in [-0.3, -0.25) is 0 Å². The van der Waals surface area contributed by atoms with Crippen LogP contribution in [0.1, 0.15) is 20.8 Å². The van der Waals surface area contributed by atoms with Gasteiger partial charge in [0.2, 0.25) is 0 Å². The van der Waals surface area contributed by atoms with E-state index >= 15 is 0 Å². The van der Waals surface area contributed by atoms with Crippen molar-refractivity contribution in [2.45, 2.75) is 24.2 Å². The summed E-state index contributed by atoms with van der Waals surface area (Å²) in [7, 11) is 0. The normalized spacial score (nSPS) is 11.6. The van der Waals surface area contributed by atoms with E-state index in [0.717, 1.165) is 0 Å². The third-order valence-electron chi connectivity index (χ3n) is 4.75. The van der Waals surface area contributed by atoms with Crippen molar-refractivity contribution in [2.24, 2.45) is 0 Å². The first-order valence-corrected chi connectivity index (χ1v) is 13.9. The first-order chi connectivity index (χ1) is 11.1. The van der Waals surface area contributed by atoms with E-state index in [2.05, 4.69) is 112 Å². The van der Waals surface area contributed by atoms with Crippen LogP contribution in [-0.2, 0) is 0 Å². The molecule has 0 heterocycles. The predicted molar refractivity (Wildman–Crippen MR) is 114 cm³/mol. The Balaban J connectivity index is 0.00000208. The summed E-state index contributed by atoms with van der Waals surface area (Å²) in [6.07, 6.45) is 0. The summed E-state index contributed by atoms with van der Waals surface area (Å²) in [5.74, 6) is 0. The average Bonchev–Trinajstić information content (AvgIpc) is 2.57. The summed E-state index contributed by atoms with van der Waals surface area (Å²) >= 11 is -3.12. The molecule has 2 heteroatoms. The molecule has 24 heavy (non-hydrogen) atoms. The molecule has 3 rings (SSSR count). The maximum atomic E-state index is 2.43. The second-order valence-corrected chi connectivity index (χ2v) is 20.6. The second kappa shape index (κ2) is 7.88. The zero-order valence-corrected chi connectivity index (χ0v) is 19.1. The summed E-state index contributed by atoms with van der Waals surface area (Å²) in [5.41, 5.74) is 0. The Bertz CT molecular complexity index is 650. The summed E-state index contributed by atoms with van der Waals surface area (Å²) in [5, 5.41) is 0. The molecule has 0 aliphatic carbocycles. The molecule has 0 aliphatic rings. The molecule has 0 saturated carbocycles. The summed E-state index contributed by atoms with van der Waals surface area (Å²) in [6, 6.07) is 33.6. The van der Waals surface area contributed by atoms with Gasteiger partial charge in [-0.25, -0.2) is 0 Å². The van der Waals surface area contributed by atoms with Crippen LogP contribution in [0, 0.1) is 0 Å². The monoisotopic (exact) mass is 488 g/mol. The van der Waals surface area contributed by atoms with Crippen LogP contribution in [0.3, 0.4) is 0 Å². The van der Waals surface area contributed by atoms with E-state index in [1.165, 1.54) is 0 Å². The van der Waals surface area contributed by atoms with Crippen LogP contribution in [0.2, 0.25) is 3.43 Å². The van der Waals surface area contributed by atoms with Crippen molar-refractivity contribution in [1.29, 1.82) is 0 Å². The van der Waals surface area contributed by atoms with Gasteiger partial charge in [0.1, 0.15) is 0 Å². The van der Waals surface area contributed by atoms with E-state index in [0.29, 0.717) is 0 Å². The number of halogens is 1. The van der Waals surface area contributed by atoms with Crippen LogP contribution in [0.25, 0.3) is 0 Å². The van der Waals surface area contributed by atoms with Crippen molar-refractivity contribution in [1.82, 2.24) is 0 Å². The van der Waals surface area contributed by atoms with Gasteiger partial charge in [0, 0.05) is 0 Å². The van der Waals surface area contributed by atoms with E-state index in [1.807, 2.05) is 0 Å². The molecular formula is C22H25BrSn. The second-order valence-electron chi connectivity index (χ2n) is 7.10. The number of hydrogen-bond donors (Lipinski definition) is 0. The summed E-state index contributed by atoms with van der Waals surface area (Å²) in [4.78, 5) is 0. The predicted octanol–water partition coefficient (Wildman–Crippen LogP) is 4.53. The maximum absolute atomic E-state index is 3.12. The molecule has 0 spiro atoms. The van der Waals surface area contributed by atoms with Gasteiger partial charge in [-0.05, 0) is 0 Å². The fraction of sp³-hybridized carbons (Fsp3) is 0.182. The Morgan fingerprint density at radius 2 is 0.750 bits per heavy atom. The molecule has 0 aliphatic heterocycles. The van der Waals surface area contributed by atoms with Crippen molar-refractivity contribution < 1.29 is 0 Å². The minimum atomic E-state index is -3.12. The molecule has 0 saturated heterocycles. The molecule has 3 aromatic carbocycles. The van der Waals surface area contributed by atoms with Crippen LogP contribution >= 0.6 is 17.0 Å². The molecule has 0 unspecified atom stereocenters. The molecule has 0 aromatic heterocycles. The van der Waals surface area contributed by atoms with Gasteiger partial charge < -0.3 is 0 Å². The molecule has 0 amide bonds. The van der Waals surface area contributed by atoms with Gasteiger partial charge in [-0.15, -0.1) is 17.0 Å². The third kappa shape index (κ3) is 3.34. The van der Waals surface area contributed by atoms with Crippen LogP contribution in [-0.4, -0.2) is 18.4 Å². The van der Waals surface area contributed by atoms with Crippen molar-refractivity contribution >= 4 is 46.1 Å². The van der Waals surface area contributed by atoms with E-state index in [-0.39, 0.29) is 20.4 Å². The molecule has 0 N–H and O–H groups in total. The first kappa shape index (κ1) is 19.3. The fourth-order valence-electron chi connectivity index (χ4n) is 3.86. The zero-order chi connectivity index (χ0) is 16.3. The standard InChI is InChI=1S/3C6H5.C4H9.BrH.Sn/c3*1-2-4-6-5-3-1;1-4(2)3;;/h3*1-5H;1-3H3;1H;. The van der Waals surface area contributed by atoms with Crippen molar-refractivity contribution in [2.75, 3.05) is 0 Å². The van der Waals surface area contributed by atoms with Crippen LogP contribution in [0.15, 0.2) is 91.0 Å². The Labute approximate surface area is 160 Å². The topological polar surface area (TPSA) is 0 Å². The molecular weight excluding hydrogens is 463 g/mol. The van der Waals surface area contributed by atoms with E-state index in [9.17, 15) is 0 Å². The summed E-state index contributed by atoms with van der Waals surface area (Å²) < 4.78 is 4.88. The Kier molecular flexibility index (Phi) is 6.33. The minimum absolute atomic E-state index is 0. The van der Waals surface area contributed by atoms with Gasteiger partial charge >= 0.3 is 144 Å². The average molecular weight is 488 g/mol. The van der Waals surface area contributed by atoms with Crippen LogP contribution in [0.4, 0.5) is 0 Å². The van der Waals surface area contributed by atoms with Crippen molar-refractivity contribution in [3.63, 3.8) is 0 Å². The Morgan fingerprint density at radius 1 is 0.500 bits per heavy atom. The quantitative estimate of drug-likeness (QED) is 0.476. The van der Waals surface area contributed by atoms with E-state index in [4.69, 9.17) is 0 Å². The summed E-state index contributed by atoms with van der Waals surface area (Å²) in [6.45, 7) is 7.28. The molecule has 0 bridgehead atoms. The molecule has 0 fully saturated rings. The first-order valence-electron chi connectivity index (χ1n) is 8.23. The zero-order valence-electron chi connectivity index (χ0n) is 14.6. The molecule has 0 atom stereocenters. The number of benzene rings is 3. The molecule has 0 radical (unpaired) electrons. The number of rotatable bonds is 3. The van der Waals surface area contributed by atoms with Gasteiger partial charge in [0.05, 0.1) is 0 Å². The number of hydrogen-bond acceptors (Lipinski definition) is 0. The van der Waals surface area contributed by atoms with Gasteiger partial charge in [-0.2, -0.15) is 0 Å². The SMILES string of the molecule is Br.C[C](C)(C)[Sn]([c]1ccccc1)([c]1ccccc1)[c]1ccccc1. The van der Waals surface area contributed by atoms with Gasteiger partial charge in [-0.1, -0.05) is 0 Å². The van der Waals surface area contributed by atoms with Crippen LogP contribution in [0.5, 0.6) is 0 Å². The van der Waals surface area contributed by atoms with Gasteiger partial charge in [0.15, 0.2) is 0 Å². The van der Waals surface area contributed by atoms with Crippen molar-refractivity contribution in [3.05, 3.63) is 91.0 Å². The van der Waals surface area contributed by atoms with E-state index < -0.39 is 18.4 Å². The Hall–Kier alpha value is -1.06. The Morgan fingerprint density at radius 3 is 0.958 bits per heavy atom. The molecule has 3 aromatic rings. The van der Waals surface area contributed by atoms with E-state index in [1.54, 1.807) is 10.7 Å². The van der Waals surface area contributed by atoms with Gasteiger partial charge in [0.25, 0.3) is 0 Å². The third-order valence-corrected chi connectivity index (χ3v) is 21.4. The van der Waals surface area contributed by atoms with Crippen LogP contribution < -0.4 is 10.7 Å². The van der Waals surface area contributed by atoms with Crippen molar-refractivity contribution in [3.8, 4) is 0 Å². The fourth-order valence-corrected chi connectivity index (χ4v) is 20.1. The molecule has 0 nitrogen and oxygen atoms in total.